The topological polar surface area (TPSA) is 55.8 Å². The molecule has 2 aliphatic rings. The minimum Gasteiger partial charge on any atom is -0.394 e. The van der Waals surface area contributed by atoms with Crippen molar-refractivity contribution in [3.63, 3.8) is 0 Å². The molecule has 2 atom stereocenters. The zero-order valence-corrected chi connectivity index (χ0v) is 14.0. The molecule has 0 aromatic heterocycles. The van der Waals surface area contributed by atoms with Crippen LogP contribution < -0.4 is 10.2 Å². The predicted molar refractivity (Wildman–Crippen MR) is 92.0 cm³/mol. The second-order valence-corrected chi connectivity index (χ2v) is 6.77. The number of anilines is 1. The number of piperidine rings is 1. The summed E-state index contributed by atoms with van der Waals surface area (Å²) in [6, 6.07) is 7.87. The molecule has 1 unspecified atom stereocenters. The number of hydrogen-bond donors (Lipinski definition) is 2. The minimum absolute atomic E-state index is 0.0294. The van der Waals surface area contributed by atoms with Gasteiger partial charge in [-0.1, -0.05) is 23.7 Å². The number of hydrogen-bond acceptors (Lipinski definition) is 3. The first-order valence-corrected chi connectivity index (χ1v) is 8.74. The van der Waals surface area contributed by atoms with E-state index in [0.717, 1.165) is 56.0 Å². The van der Waals surface area contributed by atoms with Gasteiger partial charge in [0.05, 0.1) is 23.4 Å². The molecule has 0 aliphatic carbocycles. The number of nitrogens with one attached hydrogen (secondary N) is 1. The van der Waals surface area contributed by atoms with Crippen molar-refractivity contribution in [2.45, 2.75) is 37.8 Å². The van der Waals surface area contributed by atoms with Crippen molar-refractivity contribution in [2.75, 3.05) is 31.1 Å². The molecule has 2 fully saturated rings. The smallest absolute Gasteiger partial charge is 0.318 e. The molecule has 2 heterocycles. The van der Waals surface area contributed by atoms with Crippen LogP contribution in [0.3, 0.4) is 0 Å². The van der Waals surface area contributed by atoms with Gasteiger partial charge in [0.25, 0.3) is 0 Å². The van der Waals surface area contributed by atoms with Crippen LogP contribution in [0.2, 0.25) is 5.02 Å². The summed E-state index contributed by atoms with van der Waals surface area (Å²) >= 11 is 6.29. The molecule has 0 bridgehead atoms. The lowest BCUT2D eigenvalue weighted by Gasteiger charge is -2.36. The molecular formula is C17H24ClN3O2. The van der Waals surface area contributed by atoms with Crippen LogP contribution in [0.4, 0.5) is 10.5 Å². The molecule has 2 saturated heterocycles. The first-order valence-electron chi connectivity index (χ1n) is 8.36. The van der Waals surface area contributed by atoms with Crippen LogP contribution in [0.5, 0.6) is 0 Å². The van der Waals surface area contributed by atoms with Gasteiger partial charge in [-0.2, -0.15) is 0 Å². The molecule has 23 heavy (non-hydrogen) atoms. The Morgan fingerprint density at radius 1 is 1.26 bits per heavy atom. The average molecular weight is 338 g/mol. The van der Waals surface area contributed by atoms with Crippen molar-refractivity contribution in [2.24, 2.45) is 0 Å². The van der Waals surface area contributed by atoms with E-state index < -0.39 is 0 Å². The molecule has 3 rings (SSSR count). The number of aliphatic hydroxyl groups excluding tert-OH is 1. The number of carbonyl (C=O) groups is 1. The van der Waals surface area contributed by atoms with Gasteiger partial charge in [0.2, 0.25) is 0 Å². The van der Waals surface area contributed by atoms with E-state index >= 15 is 0 Å². The van der Waals surface area contributed by atoms with Crippen LogP contribution in [-0.2, 0) is 0 Å². The lowest BCUT2D eigenvalue weighted by Crippen LogP contribution is -2.53. The highest BCUT2D eigenvalue weighted by atomic mass is 35.5. The summed E-state index contributed by atoms with van der Waals surface area (Å²) in [7, 11) is 0. The quantitative estimate of drug-likeness (QED) is 0.891. The molecule has 0 radical (unpaired) electrons. The van der Waals surface area contributed by atoms with Crippen molar-refractivity contribution in [3.8, 4) is 0 Å². The Balaban J connectivity index is 1.61. The lowest BCUT2D eigenvalue weighted by atomic mass is 10.0. The zero-order valence-electron chi connectivity index (χ0n) is 13.2. The molecule has 2 N–H and O–H groups in total. The normalized spacial score (nSPS) is 24.8. The molecule has 5 nitrogen and oxygen atoms in total. The van der Waals surface area contributed by atoms with Gasteiger partial charge in [0.15, 0.2) is 0 Å². The van der Waals surface area contributed by atoms with Gasteiger partial charge in [-0.05, 0) is 37.8 Å². The van der Waals surface area contributed by atoms with Gasteiger partial charge in [0, 0.05) is 25.7 Å². The molecule has 2 amide bonds. The molecule has 126 valence electrons. The number of halogens is 1. The van der Waals surface area contributed by atoms with Crippen LogP contribution in [0.15, 0.2) is 24.3 Å². The van der Waals surface area contributed by atoms with Crippen LogP contribution in [0, 0.1) is 0 Å². The summed E-state index contributed by atoms with van der Waals surface area (Å²) in [5.41, 5.74) is 1.03. The Bertz CT molecular complexity index is 554. The summed E-state index contributed by atoms with van der Waals surface area (Å²) < 4.78 is 0. The van der Waals surface area contributed by atoms with Crippen molar-refractivity contribution >= 4 is 23.3 Å². The second-order valence-electron chi connectivity index (χ2n) is 6.36. The Kier molecular flexibility index (Phi) is 5.28. The highest BCUT2D eigenvalue weighted by molar-refractivity contribution is 6.33. The Labute approximate surface area is 142 Å². The molecule has 0 spiro atoms. The zero-order chi connectivity index (χ0) is 16.2. The fourth-order valence-electron chi connectivity index (χ4n) is 3.57. The highest BCUT2D eigenvalue weighted by Crippen LogP contribution is 2.28. The van der Waals surface area contributed by atoms with E-state index in [-0.39, 0.29) is 24.7 Å². The van der Waals surface area contributed by atoms with E-state index in [0.29, 0.717) is 0 Å². The van der Waals surface area contributed by atoms with Gasteiger partial charge in [-0.3, -0.25) is 0 Å². The van der Waals surface area contributed by atoms with Gasteiger partial charge in [-0.15, -0.1) is 0 Å². The largest absolute Gasteiger partial charge is 0.394 e. The first kappa shape index (κ1) is 16.4. The number of rotatable bonds is 3. The summed E-state index contributed by atoms with van der Waals surface area (Å²) in [6.07, 6.45) is 3.86. The third kappa shape index (κ3) is 3.72. The maximum Gasteiger partial charge on any atom is 0.318 e. The maximum atomic E-state index is 12.5. The monoisotopic (exact) mass is 337 g/mol. The van der Waals surface area contributed by atoms with E-state index in [4.69, 9.17) is 11.6 Å². The second kappa shape index (κ2) is 7.41. The molecule has 6 heteroatoms. The van der Waals surface area contributed by atoms with E-state index in [1.54, 1.807) is 4.90 Å². The van der Waals surface area contributed by atoms with E-state index in [2.05, 4.69) is 10.2 Å². The van der Waals surface area contributed by atoms with E-state index in [1.165, 1.54) is 0 Å². The fraction of sp³-hybridized carbons (Fsp3) is 0.588. The first-order chi connectivity index (χ1) is 11.2. The summed E-state index contributed by atoms with van der Waals surface area (Å²) in [6.45, 7) is 2.51. The third-order valence-electron chi connectivity index (χ3n) is 4.79. The molecule has 1 aromatic rings. The van der Waals surface area contributed by atoms with Crippen LogP contribution in [-0.4, -0.2) is 54.4 Å². The Morgan fingerprint density at radius 2 is 2.04 bits per heavy atom. The molecule has 1 aromatic carbocycles. The van der Waals surface area contributed by atoms with Gasteiger partial charge in [-0.25, -0.2) is 4.79 Å². The van der Waals surface area contributed by atoms with Crippen LogP contribution in [0.1, 0.15) is 25.7 Å². The fourth-order valence-corrected chi connectivity index (χ4v) is 3.83. The predicted octanol–water partition coefficient (Wildman–Crippen LogP) is 2.48. The standard InChI is InChI=1S/C17H24ClN3O2/c18-15-7-1-2-8-16(15)20-9-3-5-13(11-20)19-17(23)21-10-4-6-14(21)12-22/h1-2,7-8,13-14,22H,3-6,9-12H2,(H,19,23)/t13?,14-/m1/s1. The van der Waals surface area contributed by atoms with Crippen molar-refractivity contribution in [1.82, 2.24) is 10.2 Å². The van der Waals surface area contributed by atoms with E-state index in [1.807, 2.05) is 24.3 Å². The highest BCUT2D eigenvalue weighted by Gasteiger charge is 2.30. The maximum absolute atomic E-state index is 12.5. The van der Waals surface area contributed by atoms with Gasteiger partial charge in [0.1, 0.15) is 0 Å². The number of nitrogens with zero attached hydrogens (tertiary/aromatic N) is 2. The molecule has 2 aliphatic heterocycles. The number of likely N-dealkylation sites (tertiary alicyclic amines) is 1. The van der Waals surface area contributed by atoms with Gasteiger partial charge < -0.3 is 20.2 Å². The minimum atomic E-state index is -0.0486. The Morgan fingerprint density at radius 3 is 2.83 bits per heavy atom. The van der Waals surface area contributed by atoms with Crippen molar-refractivity contribution in [3.05, 3.63) is 29.3 Å². The summed E-state index contributed by atoms with van der Waals surface area (Å²) in [5, 5.41) is 13.3. The number of aliphatic hydroxyl groups is 1. The number of benzene rings is 1. The number of carbonyl (C=O) groups excluding carboxylic acids is 1. The van der Waals surface area contributed by atoms with E-state index in [9.17, 15) is 9.90 Å². The average Bonchev–Trinajstić information content (AvgIpc) is 3.04. The molecular weight excluding hydrogens is 314 g/mol. The van der Waals surface area contributed by atoms with Crippen LogP contribution in [0.25, 0.3) is 0 Å². The van der Waals surface area contributed by atoms with Crippen molar-refractivity contribution in [1.29, 1.82) is 0 Å². The summed E-state index contributed by atoms with van der Waals surface area (Å²) in [5.74, 6) is 0. The third-order valence-corrected chi connectivity index (χ3v) is 5.11. The summed E-state index contributed by atoms with van der Waals surface area (Å²) in [4.78, 5) is 16.5. The van der Waals surface area contributed by atoms with Crippen LogP contribution >= 0.6 is 11.6 Å². The number of amides is 2. The Hall–Kier alpha value is -1.46. The number of para-hydroxylation sites is 1. The SMILES string of the molecule is O=C(NC1CCCN(c2ccccc2Cl)C1)N1CCC[C@@H]1CO. The number of urea groups is 1. The molecule has 0 saturated carbocycles. The lowest BCUT2D eigenvalue weighted by molar-refractivity contribution is 0.153. The van der Waals surface area contributed by atoms with Crippen molar-refractivity contribution < 1.29 is 9.90 Å². The van der Waals surface area contributed by atoms with Gasteiger partial charge >= 0.3 is 6.03 Å².